The number of esters is 4. The van der Waals surface area contributed by atoms with Crippen molar-refractivity contribution in [2.45, 2.75) is 161 Å². The van der Waals surface area contributed by atoms with Gasteiger partial charge in [0, 0.05) is 80.5 Å². The van der Waals surface area contributed by atoms with E-state index < -0.39 is 183 Å². The summed E-state index contributed by atoms with van der Waals surface area (Å²) in [5.41, 5.74) is -2.08. The Labute approximate surface area is 987 Å². The van der Waals surface area contributed by atoms with Crippen molar-refractivity contribution in [3.63, 3.8) is 0 Å². The predicted octanol–water partition coefficient (Wildman–Crippen LogP) is -15.0. The van der Waals surface area contributed by atoms with E-state index in [0.717, 1.165) is 34.8 Å². The number of hydrogen-bond donors (Lipinski definition) is 10. The molecule has 0 aliphatic heterocycles. The molecule has 0 saturated heterocycles. The third kappa shape index (κ3) is 110. The van der Waals surface area contributed by atoms with Crippen molar-refractivity contribution >= 4 is 215 Å². The molecule has 0 aromatic heterocycles. The van der Waals surface area contributed by atoms with Crippen LogP contribution in [0.3, 0.4) is 0 Å². The normalized spacial score (nSPS) is 12.8. The molecule has 0 aliphatic rings. The molecule has 10 N–H and O–H groups in total. The molecule has 750 valence electrons. The zero-order chi connectivity index (χ0) is 101. The minimum atomic E-state index is -4.50. The summed E-state index contributed by atoms with van der Waals surface area (Å²) >= 11 is 8.92. The molecule has 45 nitrogen and oxygen atoms in total. The van der Waals surface area contributed by atoms with Gasteiger partial charge in [-0.1, -0.05) is 39.8 Å². The Kier molecular flexibility index (Phi) is 106. The average Bonchev–Trinajstić information content (AvgIpc) is 0.849. The number of ether oxygens (including phenoxy) is 5. The van der Waals surface area contributed by atoms with Gasteiger partial charge in [0.2, 0.25) is 5.91 Å². The molecule has 1 aromatic rings. The molecule has 7 atom stereocenters. The van der Waals surface area contributed by atoms with E-state index in [1.165, 1.54) is 113 Å². The van der Waals surface area contributed by atoms with Crippen LogP contribution in [0.1, 0.15) is 139 Å². The quantitative estimate of drug-likeness (QED) is 0.00723. The number of carbonyl (C=O) groups is 12. The predicted molar refractivity (Wildman–Crippen MR) is 472 cm³/mol. The molecule has 0 radical (unpaired) electrons. The van der Waals surface area contributed by atoms with Gasteiger partial charge in [-0.15, -0.1) is 23.5 Å². The van der Waals surface area contributed by atoms with Crippen LogP contribution in [0.5, 0.6) is 0 Å². The van der Waals surface area contributed by atoms with Crippen molar-refractivity contribution in [2.75, 3.05) is 138 Å². The van der Waals surface area contributed by atoms with Crippen molar-refractivity contribution in [3.8, 4) is 0 Å². The number of aliphatic hydroxyl groups excluding tert-OH is 2. The molecule has 134 heavy (non-hydrogen) atoms. The fourth-order valence-electron chi connectivity index (χ4n) is 7.61. The maximum absolute atomic E-state index is 11.9. The minimum Gasteiger partial charge on any atom is -0.748 e. The number of carboxylic acid groups (broad SMARTS) is 7. The summed E-state index contributed by atoms with van der Waals surface area (Å²) in [4.78, 5) is 130. The van der Waals surface area contributed by atoms with Gasteiger partial charge in [-0.3, -0.25) is 57.5 Å². The molecular formula is C70H117K2NNa4O44S13. The van der Waals surface area contributed by atoms with Gasteiger partial charge in [-0.2, -0.15) is 58.8 Å². The molecule has 0 bridgehead atoms. The minimum absolute atomic E-state index is 0. The van der Waals surface area contributed by atoms with Crippen molar-refractivity contribution in [1.29, 1.82) is 0 Å². The Bertz CT molecular complexity index is 4250. The van der Waals surface area contributed by atoms with Gasteiger partial charge in [-0.25, -0.2) is 50.5 Å². The number of methoxy groups -OCH3 is 1. The number of thioether (sulfide) groups is 7. The van der Waals surface area contributed by atoms with Crippen LogP contribution in [0.25, 0.3) is 0 Å². The summed E-state index contributed by atoms with van der Waals surface area (Å²) in [7, 11) is -24.9. The van der Waals surface area contributed by atoms with E-state index in [2.05, 4.69) is 10.1 Å². The molecular weight excluding hydrogens is 2150 g/mol. The monoisotopic (exact) mass is 2260 g/mol. The van der Waals surface area contributed by atoms with Gasteiger partial charge in [0.15, 0.2) is 6.29 Å². The number of carboxylic acids is 7. The molecule has 0 saturated carbocycles. The second-order valence-corrected chi connectivity index (χ2v) is 45.8. The van der Waals surface area contributed by atoms with Gasteiger partial charge < -0.3 is 102 Å². The largest absolute Gasteiger partial charge is 1.00 e. The van der Waals surface area contributed by atoms with Crippen LogP contribution in [-0.2, 0) is 142 Å². The Morgan fingerprint density at radius 1 is 0.478 bits per heavy atom. The zero-order valence-electron chi connectivity index (χ0n) is 78.2. The van der Waals surface area contributed by atoms with Crippen molar-refractivity contribution < 1.29 is 426 Å². The van der Waals surface area contributed by atoms with E-state index in [1.807, 2.05) is 13.8 Å². The number of carbonyl (C=O) groups excluding carboxylic acids is 5. The molecule has 0 aliphatic carbocycles. The molecule has 1 rings (SSSR count). The van der Waals surface area contributed by atoms with E-state index >= 15 is 0 Å². The van der Waals surface area contributed by atoms with Gasteiger partial charge in [0.05, 0.1) is 167 Å². The molecule has 0 heterocycles. The standard InChI is InChI=1S/C12H20O9S2.C12H16O5S2.C11H21NO6S2.C11H20O7S2.C9H18O7S2.C9H16O5S.C6H12O5S2.2K.4Na/c1-12(2,7-22-8(10(15)16)6-9(13)14)11(17)21-4-3-5-23(18,19)20;1-9(8-18-7-6-12(13)14)10-2-4-11(5-3-10)19(15,16)17;1-8(5-19-6-9(13)18-4)10(14)12-11(2,3)7-20(15,16)17;1-11(2,8-19-6-4-9(12)13)10(14)18-5-3-7-20(15,16)17;1-7(5-17-3-2-8(10)11)4-16-9(12)6-18(13,14)15;1-7(9(13)14-4-3-10)6-15-5-2-8(11)12;1-5(13(9,10)11)4-12-3-2-6(7)8;;;;;;/h8H,3-7H2,1-2H3,(H,13,14)(H,15,16)(H,18,19,20);2-5,9H,6-8H2,1H3,(H,13,14)(H,15,16,17);8H,5-7H2,1-4H3,(H,12,14)(H,15,16,17);3-8H2,1-2H3,(H,12,13)(H,15,16,17);7,9,12H,2-6H2,1H3,(H,10,11)(H,13,14,15);7,10H,2-6H2,1H3,(H,11,12);5H,2-4H2,1H3,(H,7,8)(H,9,10,11);;;;;;/q;;;;;;;6*+1/p-6. The van der Waals surface area contributed by atoms with Gasteiger partial charge >= 0.3 is 287 Å². The Morgan fingerprint density at radius 2 is 0.866 bits per heavy atom. The Balaban J connectivity index is -0.000000129. The number of aliphatic carboxylic acids is 7. The molecule has 7 unspecified atom stereocenters. The molecule has 0 fully saturated rings. The topological polar surface area (TPSA) is 788 Å². The second kappa shape index (κ2) is 87.9. The number of amides is 1. The summed E-state index contributed by atoms with van der Waals surface area (Å²) in [6.45, 7) is 17.3. The first kappa shape index (κ1) is 161. The zero-order valence-corrected chi connectivity index (χ0v) is 103. The Morgan fingerprint density at radius 3 is 1.22 bits per heavy atom. The third-order valence-electron chi connectivity index (χ3n) is 14.3. The van der Waals surface area contributed by atoms with Crippen LogP contribution in [-0.4, -0.2) is 356 Å². The molecule has 64 heteroatoms. The summed E-state index contributed by atoms with van der Waals surface area (Å²) in [5.74, 6) is -7.22. The number of aliphatic hydroxyl groups is 2. The van der Waals surface area contributed by atoms with Crippen LogP contribution in [0.4, 0.5) is 0 Å². The van der Waals surface area contributed by atoms with E-state index in [0.29, 0.717) is 51.8 Å². The van der Waals surface area contributed by atoms with Gasteiger partial charge in [-0.05, 0) is 102 Å². The Hall–Kier alpha value is 1.92. The van der Waals surface area contributed by atoms with Gasteiger partial charge in [0.25, 0.3) is 0 Å². The van der Waals surface area contributed by atoms with Crippen LogP contribution in [0, 0.1) is 28.6 Å². The second-order valence-electron chi connectivity index (χ2n) is 28.8. The smallest absolute Gasteiger partial charge is 0.748 e. The van der Waals surface area contributed by atoms with E-state index in [-0.39, 0.29) is 357 Å². The van der Waals surface area contributed by atoms with Crippen LogP contribution < -0.4 is 226 Å². The molecule has 1 aromatic carbocycles. The summed E-state index contributed by atoms with van der Waals surface area (Å²) < 4.78 is 213. The summed E-state index contributed by atoms with van der Waals surface area (Å²) in [5, 5.41) is 77.5. The number of benzene rings is 1. The third-order valence-corrected chi connectivity index (χ3v) is 29.1. The molecule has 0 spiro atoms. The average molecular weight is 2260 g/mol. The SMILES string of the molecule is CC(C)(CSC(CC(=O)O)C(=O)O)C(=O)OCCCS(=O)(=O)[O-].CC(C)(CSCCC(=O)O)C(=O)OCCCS(=O)(=O)[O-].CC(COC(O)CS(=O)(=O)[O-])CSCCC(=O)O.CC(CSCCC(=O)O)C(=O)OCCO.CC(CSCCC(=O)O)S(=O)(=O)[O-].CC(CSCCC(=O)O)c1ccc(S(=O)(=O)[O-])cc1.COC(=O)CSCC(C)C(=O)NC(C)(C)CS(=O)(=O)[O-].[K+].[K+].[Na+].[Na+].[Na+].[Na+]. The maximum atomic E-state index is 11.9. The van der Waals surface area contributed by atoms with Crippen LogP contribution in [0.15, 0.2) is 29.2 Å². The molecule has 1 amide bonds. The van der Waals surface area contributed by atoms with Crippen LogP contribution in [0.2, 0.25) is 0 Å². The number of hydrogen-bond acceptors (Lipinski definition) is 44. The van der Waals surface area contributed by atoms with Crippen molar-refractivity contribution in [2.24, 2.45) is 28.6 Å². The first-order chi connectivity index (χ1) is 58.3. The maximum Gasteiger partial charge on any atom is 1.00 e. The number of nitrogens with one attached hydrogen (secondary N) is 1. The first-order valence-corrected chi connectivity index (χ1v) is 54.6. The fourth-order valence-corrected chi connectivity index (χ4v) is 18.3. The van der Waals surface area contributed by atoms with Crippen molar-refractivity contribution in [1.82, 2.24) is 5.32 Å². The van der Waals surface area contributed by atoms with Crippen LogP contribution >= 0.6 is 82.3 Å². The fraction of sp³-hybridized carbons (Fsp3) is 0.743. The first-order valence-electron chi connectivity index (χ1n) is 37.5. The van der Waals surface area contributed by atoms with E-state index in [1.54, 1.807) is 39.8 Å². The van der Waals surface area contributed by atoms with E-state index in [4.69, 9.17) is 64.9 Å². The number of rotatable bonds is 60. The van der Waals surface area contributed by atoms with E-state index in [9.17, 15) is 135 Å². The summed E-state index contributed by atoms with van der Waals surface area (Å²) in [6.07, 6.45) is -2.03. The summed E-state index contributed by atoms with van der Waals surface area (Å²) in [6, 6.07) is 5.84. The van der Waals surface area contributed by atoms with Crippen molar-refractivity contribution in [3.05, 3.63) is 29.8 Å². The van der Waals surface area contributed by atoms with Gasteiger partial charge in [0.1, 0.15) is 22.0 Å².